The number of ether oxygens (including phenoxy) is 6. The standard InChI is InChI=1S/C29H30F3N5O4.C17H16F3N3.C11H16N2O3/c1-17-11-23(18-5-4-6-19(12-18)29(30,31)32)35-26-25(17)36-10-8-21(14-36)37(26)27(38)34-20-7-9-33-24(13-20)39-15-22-16-40-28(2,3)41-22;1-10-7-14(11-3-2-4-12(8-11)17(18,19)20)22-16-15(10)23-6-5-13(9-23)21-16;1-11(2)15-7-9(16-11)6-14-10-5-8(12)3-4-13-10/h4-7,9,11-13,21-22H,8,10,14-16H2,1-3H3,(H,33,34,38);2-4,7-8,13H,5-6,9H2,1H3,(H,21,22);3-5,9H,6-7H2,1-2H3,(H2,12,13)/t21-,22+;13-;9-/m001/s1. The molecule has 4 aromatic heterocycles. The van der Waals surface area contributed by atoms with Gasteiger partial charge in [0.25, 0.3) is 0 Å². The number of rotatable bonds is 9. The summed E-state index contributed by atoms with van der Waals surface area (Å²) in [6.45, 7) is 16.3. The van der Waals surface area contributed by atoms with Crippen LogP contribution in [0.4, 0.5) is 65.5 Å². The highest BCUT2D eigenvalue weighted by Crippen LogP contribution is 2.44. The summed E-state index contributed by atoms with van der Waals surface area (Å²) < 4.78 is 112. The molecule has 4 atom stereocenters. The first-order chi connectivity index (χ1) is 37.9. The minimum absolute atomic E-state index is 0.0572. The van der Waals surface area contributed by atoms with Gasteiger partial charge in [0.2, 0.25) is 11.8 Å². The molecule has 0 spiro atoms. The number of aryl methyl sites for hydroxylation is 2. The molecule has 23 heteroatoms. The molecule has 17 nitrogen and oxygen atoms in total. The number of nitrogens with one attached hydrogen (secondary N) is 2. The fourth-order valence-electron chi connectivity index (χ4n) is 10.5. The molecular formula is C57H62F6N10O7. The molecule has 0 radical (unpaired) electrons. The molecular weight excluding hydrogens is 1050 g/mol. The van der Waals surface area contributed by atoms with Gasteiger partial charge in [0.15, 0.2) is 23.2 Å². The van der Waals surface area contributed by atoms with Crippen LogP contribution in [0.5, 0.6) is 11.8 Å². The number of urea groups is 1. The van der Waals surface area contributed by atoms with E-state index in [1.165, 1.54) is 18.3 Å². The van der Waals surface area contributed by atoms with Crippen LogP contribution in [-0.4, -0.2) is 114 Å². The Kier molecular flexibility index (Phi) is 15.5. The number of halogens is 6. The van der Waals surface area contributed by atoms with E-state index in [1.807, 2.05) is 47.6 Å². The normalized spacial score (nSPS) is 21.1. The summed E-state index contributed by atoms with van der Waals surface area (Å²) in [5, 5.41) is 6.34. The highest BCUT2D eigenvalue weighted by Gasteiger charge is 2.42. The van der Waals surface area contributed by atoms with E-state index in [2.05, 4.69) is 35.4 Å². The van der Waals surface area contributed by atoms with Gasteiger partial charge in [0.1, 0.15) is 25.4 Å². The lowest BCUT2D eigenvalue weighted by Gasteiger charge is -2.37. The average molecular weight is 1110 g/mol. The third-order valence-electron chi connectivity index (χ3n) is 14.2. The van der Waals surface area contributed by atoms with Crippen molar-refractivity contribution in [3.63, 3.8) is 0 Å². The molecule has 0 aliphatic carbocycles. The number of nitrogen functional groups attached to an aromatic ring is 1. The number of aromatic nitrogens is 4. The smallest absolute Gasteiger partial charge is 0.416 e. The number of hydrogen-bond acceptors (Lipinski definition) is 15. The Morgan fingerprint density at radius 3 is 1.84 bits per heavy atom. The van der Waals surface area contributed by atoms with Crippen molar-refractivity contribution >= 4 is 40.4 Å². The molecule has 10 heterocycles. The number of anilines is 6. The number of benzene rings is 2. The minimum atomic E-state index is -4.47. The number of carbonyl (C=O) groups excluding carboxylic acids is 1. The number of amides is 2. The molecule has 4 bridgehead atoms. The van der Waals surface area contributed by atoms with Gasteiger partial charge in [-0.15, -0.1) is 0 Å². The first-order valence-electron chi connectivity index (χ1n) is 26.3. The summed E-state index contributed by atoms with van der Waals surface area (Å²) in [5.74, 6) is 0.861. The Hall–Kier alpha value is -7.47. The Morgan fingerprint density at radius 2 is 1.26 bits per heavy atom. The fourth-order valence-corrected chi connectivity index (χ4v) is 10.5. The maximum atomic E-state index is 13.7. The lowest BCUT2D eigenvalue weighted by Crippen LogP contribution is -2.48. The lowest BCUT2D eigenvalue weighted by atomic mass is 10.0. The van der Waals surface area contributed by atoms with Crippen LogP contribution < -0.4 is 40.5 Å². The number of pyridine rings is 4. The molecule has 6 aromatic rings. The van der Waals surface area contributed by atoms with Gasteiger partial charge < -0.3 is 54.6 Å². The number of hydrogen-bond donors (Lipinski definition) is 3. The van der Waals surface area contributed by atoms with Crippen LogP contribution in [0.2, 0.25) is 0 Å². The van der Waals surface area contributed by atoms with Gasteiger partial charge in [-0.1, -0.05) is 24.3 Å². The Morgan fingerprint density at radius 1 is 0.713 bits per heavy atom. The van der Waals surface area contributed by atoms with Crippen LogP contribution in [0.15, 0.2) is 97.3 Å². The minimum Gasteiger partial charge on any atom is -0.475 e. The molecule has 12 rings (SSSR count). The molecule has 4 fully saturated rings. The fraction of sp³-hybridized carbons (Fsp3) is 0.421. The van der Waals surface area contributed by atoms with E-state index in [0.29, 0.717) is 83.9 Å². The molecule has 2 aromatic carbocycles. The molecule has 0 unspecified atom stereocenters. The van der Waals surface area contributed by atoms with Gasteiger partial charge in [-0.2, -0.15) is 26.3 Å². The number of nitrogens with two attached hydrogens (primary N) is 1. The van der Waals surface area contributed by atoms with Crippen molar-refractivity contribution < 1.29 is 59.6 Å². The van der Waals surface area contributed by atoms with E-state index < -0.39 is 41.1 Å². The van der Waals surface area contributed by atoms with Crippen molar-refractivity contribution in [3.8, 4) is 34.3 Å². The van der Waals surface area contributed by atoms with Crippen LogP contribution >= 0.6 is 0 Å². The van der Waals surface area contributed by atoms with Crippen LogP contribution in [0, 0.1) is 13.8 Å². The predicted octanol–water partition coefficient (Wildman–Crippen LogP) is 10.9. The summed E-state index contributed by atoms with van der Waals surface area (Å²) >= 11 is 0. The van der Waals surface area contributed by atoms with Gasteiger partial charge in [-0.25, -0.2) is 24.7 Å². The highest BCUT2D eigenvalue weighted by molar-refractivity contribution is 6.05. The summed E-state index contributed by atoms with van der Waals surface area (Å²) in [7, 11) is 0. The summed E-state index contributed by atoms with van der Waals surface area (Å²) in [6, 6.07) is 20.6. The molecule has 4 N–H and O–H groups in total. The maximum absolute atomic E-state index is 13.7. The SMILES string of the molecule is CC1(C)OC[C@@H](COc2cc(N)ccn2)O1.Cc1cc(-c2cccc(C(F)(F)F)c2)nc2c1N1CC[C@@H](C1)N2.Cc1cc(-c2cccc(C(F)(F)F)c2)nc2c1N1CC[C@@H](C1)N2C(=O)Nc1ccnc(OC[C@@H]2COC(C)(C)O2)c1. The molecule has 424 valence electrons. The molecule has 0 saturated carbocycles. The molecule has 80 heavy (non-hydrogen) atoms. The van der Waals surface area contributed by atoms with Crippen molar-refractivity contribution in [3.05, 3.63) is 120 Å². The van der Waals surface area contributed by atoms with Crippen molar-refractivity contribution in [2.24, 2.45) is 0 Å². The second-order valence-electron chi connectivity index (χ2n) is 21.3. The first kappa shape index (κ1) is 55.8. The van der Waals surface area contributed by atoms with Gasteiger partial charge in [0, 0.05) is 79.2 Å². The Labute approximate surface area is 458 Å². The monoisotopic (exact) mass is 1110 g/mol. The molecule has 6 aliphatic rings. The van der Waals surface area contributed by atoms with E-state index in [9.17, 15) is 31.1 Å². The summed E-state index contributed by atoms with van der Waals surface area (Å²) in [4.78, 5) is 37.4. The summed E-state index contributed by atoms with van der Waals surface area (Å²) in [5.41, 5.74) is 10.8. The van der Waals surface area contributed by atoms with E-state index in [0.717, 1.165) is 85.1 Å². The summed E-state index contributed by atoms with van der Waals surface area (Å²) in [6.07, 6.45) is -4.16. The zero-order chi connectivity index (χ0) is 56.7. The van der Waals surface area contributed by atoms with Crippen LogP contribution in [0.1, 0.15) is 62.8 Å². The third-order valence-corrected chi connectivity index (χ3v) is 14.2. The quantitative estimate of drug-likeness (QED) is 0.116. The van der Waals surface area contributed by atoms with Crippen molar-refractivity contribution in [2.45, 2.75) is 103 Å². The van der Waals surface area contributed by atoms with Gasteiger partial charge in [-0.3, -0.25) is 4.90 Å². The number of fused-ring (bicyclic) bond motifs is 8. The third kappa shape index (κ3) is 12.9. The highest BCUT2D eigenvalue weighted by atomic mass is 19.4. The van der Waals surface area contributed by atoms with Gasteiger partial charge in [-0.05, 0) is 114 Å². The Balaban J connectivity index is 0.000000154. The predicted molar refractivity (Wildman–Crippen MR) is 289 cm³/mol. The zero-order valence-electron chi connectivity index (χ0n) is 45.0. The van der Waals surface area contributed by atoms with Crippen molar-refractivity contribution in [1.29, 1.82) is 0 Å². The van der Waals surface area contributed by atoms with E-state index >= 15 is 0 Å². The lowest BCUT2D eigenvalue weighted by molar-refractivity contribution is -0.142. The average Bonchev–Trinajstić information content (AvgIpc) is 4.37. The van der Waals surface area contributed by atoms with E-state index in [-0.39, 0.29) is 24.9 Å². The van der Waals surface area contributed by atoms with Gasteiger partial charge in [0.05, 0.1) is 53.1 Å². The Bertz CT molecular complexity index is 3240. The molecule has 4 saturated heterocycles. The second-order valence-corrected chi connectivity index (χ2v) is 21.3. The van der Waals surface area contributed by atoms with E-state index in [4.69, 9.17) is 39.1 Å². The largest absolute Gasteiger partial charge is 0.475 e. The van der Waals surface area contributed by atoms with Crippen LogP contribution in [0.3, 0.4) is 0 Å². The second kappa shape index (κ2) is 22.2. The molecule has 6 aliphatic heterocycles. The van der Waals surface area contributed by atoms with Crippen molar-refractivity contribution in [1.82, 2.24) is 19.9 Å². The van der Waals surface area contributed by atoms with Crippen LogP contribution in [-0.2, 0) is 31.3 Å². The zero-order valence-corrected chi connectivity index (χ0v) is 45.0. The number of carbonyl (C=O) groups is 1. The van der Waals surface area contributed by atoms with Crippen LogP contribution in [0.25, 0.3) is 22.5 Å². The number of alkyl halides is 6. The van der Waals surface area contributed by atoms with Gasteiger partial charge >= 0.3 is 18.4 Å². The van der Waals surface area contributed by atoms with Crippen molar-refractivity contribution in [2.75, 3.05) is 83.7 Å². The number of nitrogens with zero attached hydrogens (tertiary/aromatic N) is 7. The maximum Gasteiger partial charge on any atom is 0.416 e. The molecule has 2 amide bonds. The first-order valence-corrected chi connectivity index (χ1v) is 26.3. The van der Waals surface area contributed by atoms with E-state index in [1.54, 1.807) is 53.6 Å². The topological polar surface area (TPSA) is 184 Å².